The minimum Gasteiger partial charge on any atom is -0.309 e. The molecular formula is C15H21FN2OS. The third-order valence-corrected chi connectivity index (χ3v) is 4.65. The molecule has 1 saturated heterocycles. The fraction of sp³-hybridized carbons (Fsp3) is 0.533. The van der Waals surface area contributed by atoms with E-state index in [-0.39, 0.29) is 17.0 Å². The predicted octanol–water partition coefficient (Wildman–Crippen LogP) is 2.62. The standard InChI is InChI=1S/C15H21FN2OS/c1-17(2)10-11-20-14-8-5-9-18(15(14)19)13-7-4-3-6-12(13)16/h3-4,6-7,14H,5,8-11H2,1-2H3/t14-/m0/s1. The van der Waals surface area contributed by atoms with Crippen molar-refractivity contribution in [3.8, 4) is 0 Å². The van der Waals surface area contributed by atoms with Gasteiger partial charge >= 0.3 is 0 Å². The van der Waals surface area contributed by atoms with Crippen LogP contribution in [0.5, 0.6) is 0 Å². The molecule has 0 spiro atoms. The molecule has 2 rings (SSSR count). The number of piperidine rings is 1. The molecular weight excluding hydrogens is 275 g/mol. The molecule has 1 aliphatic heterocycles. The molecule has 0 aromatic heterocycles. The summed E-state index contributed by atoms with van der Waals surface area (Å²) in [5, 5.41) is -0.0386. The van der Waals surface area contributed by atoms with E-state index in [9.17, 15) is 9.18 Å². The Morgan fingerprint density at radius 3 is 2.85 bits per heavy atom. The second kappa shape index (κ2) is 7.09. The van der Waals surface area contributed by atoms with E-state index >= 15 is 0 Å². The number of carbonyl (C=O) groups excluding carboxylic acids is 1. The van der Waals surface area contributed by atoms with Gasteiger partial charge < -0.3 is 9.80 Å². The first-order valence-electron chi connectivity index (χ1n) is 6.92. The number of rotatable bonds is 5. The van der Waals surface area contributed by atoms with Crippen molar-refractivity contribution in [1.82, 2.24) is 4.90 Å². The third kappa shape index (κ3) is 3.73. The summed E-state index contributed by atoms with van der Waals surface area (Å²) in [4.78, 5) is 16.2. The monoisotopic (exact) mass is 296 g/mol. The van der Waals surface area contributed by atoms with Gasteiger partial charge in [0.15, 0.2) is 0 Å². The number of para-hydroxylation sites is 1. The summed E-state index contributed by atoms with van der Waals surface area (Å²) in [5.41, 5.74) is 0.412. The maximum absolute atomic E-state index is 13.8. The summed E-state index contributed by atoms with van der Waals surface area (Å²) in [6.45, 7) is 1.57. The van der Waals surface area contributed by atoms with Crippen LogP contribution in [0.15, 0.2) is 24.3 Å². The Labute approximate surface area is 124 Å². The zero-order valence-electron chi connectivity index (χ0n) is 12.0. The lowest BCUT2D eigenvalue weighted by atomic mass is 10.1. The first kappa shape index (κ1) is 15.3. The van der Waals surface area contributed by atoms with E-state index in [1.807, 2.05) is 14.1 Å². The largest absolute Gasteiger partial charge is 0.309 e. The number of anilines is 1. The average molecular weight is 296 g/mol. The Morgan fingerprint density at radius 1 is 1.40 bits per heavy atom. The lowest BCUT2D eigenvalue weighted by molar-refractivity contribution is -0.119. The second-order valence-electron chi connectivity index (χ2n) is 5.25. The maximum atomic E-state index is 13.8. The normalized spacial score (nSPS) is 19.7. The number of hydrogen-bond donors (Lipinski definition) is 0. The molecule has 1 aromatic carbocycles. The summed E-state index contributed by atoms with van der Waals surface area (Å²) < 4.78 is 13.8. The van der Waals surface area contributed by atoms with Gasteiger partial charge in [-0.25, -0.2) is 4.39 Å². The summed E-state index contributed by atoms with van der Waals surface area (Å²) in [7, 11) is 4.05. The van der Waals surface area contributed by atoms with Gasteiger partial charge in [0, 0.05) is 18.8 Å². The minimum absolute atomic E-state index is 0.0386. The molecule has 0 radical (unpaired) electrons. The van der Waals surface area contributed by atoms with Crippen LogP contribution in [0.25, 0.3) is 0 Å². The predicted molar refractivity (Wildman–Crippen MR) is 82.8 cm³/mol. The fourth-order valence-corrected chi connectivity index (χ4v) is 3.64. The van der Waals surface area contributed by atoms with Crippen LogP contribution < -0.4 is 4.90 Å². The Hall–Kier alpha value is -1.07. The van der Waals surface area contributed by atoms with Crippen LogP contribution in [-0.4, -0.2) is 49.0 Å². The van der Waals surface area contributed by atoms with E-state index in [2.05, 4.69) is 4.90 Å². The van der Waals surface area contributed by atoms with Crippen molar-refractivity contribution >= 4 is 23.4 Å². The molecule has 1 heterocycles. The molecule has 110 valence electrons. The molecule has 5 heteroatoms. The Balaban J connectivity index is 2.02. The summed E-state index contributed by atoms with van der Waals surface area (Å²) in [5.74, 6) is 0.652. The van der Waals surface area contributed by atoms with Crippen molar-refractivity contribution < 1.29 is 9.18 Å². The Bertz CT molecular complexity index is 467. The lowest BCUT2D eigenvalue weighted by Crippen LogP contribution is -2.43. The van der Waals surface area contributed by atoms with E-state index in [1.54, 1.807) is 34.9 Å². The Morgan fingerprint density at radius 2 is 2.15 bits per heavy atom. The van der Waals surface area contributed by atoms with Gasteiger partial charge in [-0.2, -0.15) is 0 Å². The number of amides is 1. The van der Waals surface area contributed by atoms with Crippen LogP contribution in [0.3, 0.4) is 0 Å². The Kier molecular flexibility index (Phi) is 5.43. The second-order valence-corrected chi connectivity index (χ2v) is 6.56. The van der Waals surface area contributed by atoms with Gasteiger partial charge in [0.1, 0.15) is 5.82 Å². The zero-order chi connectivity index (χ0) is 14.5. The SMILES string of the molecule is CN(C)CCS[C@H]1CCCN(c2ccccc2F)C1=O. The number of nitrogens with zero attached hydrogens (tertiary/aromatic N) is 2. The van der Waals surface area contributed by atoms with Gasteiger partial charge in [0.05, 0.1) is 10.9 Å². The van der Waals surface area contributed by atoms with Crippen LogP contribution in [0.2, 0.25) is 0 Å². The number of hydrogen-bond acceptors (Lipinski definition) is 3. The van der Waals surface area contributed by atoms with Crippen molar-refractivity contribution in [2.24, 2.45) is 0 Å². The fourth-order valence-electron chi connectivity index (χ4n) is 2.28. The van der Waals surface area contributed by atoms with Crippen LogP contribution >= 0.6 is 11.8 Å². The van der Waals surface area contributed by atoms with Crippen molar-refractivity contribution in [3.63, 3.8) is 0 Å². The molecule has 1 aromatic rings. The quantitative estimate of drug-likeness (QED) is 0.834. The van der Waals surface area contributed by atoms with Crippen LogP contribution in [0, 0.1) is 5.82 Å². The molecule has 1 amide bonds. The van der Waals surface area contributed by atoms with E-state index in [0.29, 0.717) is 12.2 Å². The van der Waals surface area contributed by atoms with E-state index in [4.69, 9.17) is 0 Å². The topological polar surface area (TPSA) is 23.6 Å². The van der Waals surface area contributed by atoms with Gasteiger partial charge in [-0.3, -0.25) is 4.79 Å². The highest BCUT2D eigenvalue weighted by atomic mass is 32.2. The van der Waals surface area contributed by atoms with Crippen LogP contribution in [-0.2, 0) is 4.79 Å². The highest BCUT2D eigenvalue weighted by Crippen LogP contribution is 2.29. The van der Waals surface area contributed by atoms with Crippen molar-refractivity contribution in [3.05, 3.63) is 30.1 Å². The zero-order valence-corrected chi connectivity index (χ0v) is 12.8. The van der Waals surface area contributed by atoms with Crippen LogP contribution in [0.4, 0.5) is 10.1 Å². The average Bonchev–Trinajstić information content (AvgIpc) is 2.41. The number of thioether (sulfide) groups is 1. The molecule has 0 bridgehead atoms. The smallest absolute Gasteiger partial charge is 0.240 e. The summed E-state index contributed by atoms with van der Waals surface area (Å²) >= 11 is 1.68. The van der Waals surface area contributed by atoms with Gasteiger partial charge in [-0.05, 0) is 39.1 Å². The van der Waals surface area contributed by atoms with Gasteiger partial charge in [-0.15, -0.1) is 11.8 Å². The number of benzene rings is 1. The summed E-state index contributed by atoms with van der Waals surface area (Å²) in [6, 6.07) is 6.51. The van der Waals surface area contributed by atoms with Crippen molar-refractivity contribution in [2.75, 3.05) is 37.8 Å². The number of halogens is 1. The van der Waals surface area contributed by atoms with Crippen molar-refractivity contribution in [1.29, 1.82) is 0 Å². The molecule has 0 aliphatic carbocycles. The molecule has 0 saturated carbocycles. The molecule has 1 aliphatic rings. The molecule has 0 unspecified atom stereocenters. The molecule has 1 fully saturated rings. The molecule has 1 atom stereocenters. The highest BCUT2D eigenvalue weighted by molar-refractivity contribution is 8.00. The molecule has 3 nitrogen and oxygen atoms in total. The van der Waals surface area contributed by atoms with Gasteiger partial charge in [-0.1, -0.05) is 12.1 Å². The van der Waals surface area contributed by atoms with E-state index in [1.165, 1.54) is 6.07 Å². The first-order valence-corrected chi connectivity index (χ1v) is 7.96. The van der Waals surface area contributed by atoms with E-state index < -0.39 is 0 Å². The summed E-state index contributed by atoms with van der Waals surface area (Å²) in [6.07, 6.45) is 1.82. The van der Waals surface area contributed by atoms with Crippen LogP contribution in [0.1, 0.15) is 12.8 Å². The first-order chi connectivity index (χ1) is 9.59. The molecule has 0 N–H and O–H groups in total. The minimum atomic E-state index is -0.320. The molecule has 20 heavy (non-hydrogen) atoms. The third-order valence-electron chi connectivity index (χ3n) is 3.39. The highest BCUT2D eigenvalue weighted by Gasteiger charge is 2.30. The van der Waals surface area contributed by atoms with Gasteiger partial charge in [0.25, 0.3) is 0 Å². The van der Waals surface area contributed by atoms with Gasteiger partial charge in [0.2, 0.25) is 5.91 Å². The number of carbonyl (C=O) groups is 1. The van der Waals surface area contributed by atoms with E-state index in [0.717, 1.165) is 25.1 Å². The van der Waals surface area contributed by atoms with Crippen molar-refractivity contribution in [2.45, 2.75) is 18.1 Å². The maximum Gasteiger partial charge on any atom is 0.240 e. The lowest BCUT2D eigenvalue weighted by Gasteiger charge is -2.32.